The fourth-order valence-electron chi connectivity index (χ4n) is 5.12. The third-order valence-corrected chi connectivity index (χ3v) is 6.94. The number of esters is 1. The van der Waals surface area contributed by atoms with Crippen LogP contribution in [-0.2, 0) is 4.79 Å². The maximum absolute atomic E-state index is 12.0. The quantitative estimate of drug-likeness (QED) is 0.200. The van der Waals surface area contributed by atoms with E-state index >= 15 is 0 Å². The van der Waals surface area contributed by atoms with Crippen LogP contribution in [0.25, 0.3) is 11.1 Å². The molecule has 174 valence electrons. The van der Waals surface area contributed by atoms with E-state index in [1.54, 1.807) is 0 Å². The van der Waals surface area contributed by atoms with Gasteiger partial charge in [-0.25, -0.2) is 0 Å². The molecule has 1 fully saturated rings. The number of carbonyl (C=O) groups excluding carboxylic acids is 1. The van der Waals surface area contributed by atoms with Crippen LogP contribution in [0.4, 0.5) is 0 Å². The Kier molecular flexibility index (Phi) is 9.84. The van der Waals surface area contributed by atoms with Crippen LogP contribution in [0.3, 0.4) is 0 Å². The Bertz CT molecular complexity index is 796. The van der Waals surface area contributed by atoms with E-state index in [2.05, 4.69) is 57.2 Å². The summed E-state index contributed by atoms with van der Waals surface area (Å²) in [6, 6.07) is 17.0. The van der Waals surface area contributed by atoms with E-state index < -0.39 is 0 Å². The van der Waals surface area contributed by atoms with E-state index in [-0.39, 0.29) is 5.97 Å². The number of hydrogen-bond acceptors (Lipinski definition) is 2. The Hall–Kier alpha value is -2.09. The van der Waals surface area contributed by atoms with Crippen LogP contribution in [0.1, 0.15) is 103 Å². The summed E-state index contributed by atoms with van der Waals surface area (Å²) in [4.78, 5) is 12.0. The maximum atomic E-state index is 12.0. The highest BCUT2D eigenvalue weighted by molar-refractivity contribution is 5.73. The molecular formula is C30H42O2. The molecule has 2 aromatic carbocycles. The minimum Gasteiger partial charge on any atom is -0.427 e. The summed E-state index contributed by atoms with van der Waals surface area (Å²) in [5.74, 6) is 2.99. The Morgan fingerprint density at radius 2 is 1.44 bits per heavy atom. The first-order valence-electron chi connectivity index (χ1n) is 13.0. The highest BCUT2D eigenvalue weighted by atomic mass is 16.5. The van der Waals surface area contributed by atoms with Crippen LogP contribution >= 0.6 is 0 Å². The molecule has 1 saturated carbocycles. The summed E-state index contributed by atoms with van der Waals surface area (Å²) in [5.41, 5.74) is 3.87. The Labute approximate surface area is 195 Å². The largest absolute Gasteiger partial charge is 0.427 e. The van der Waals surface area contributed by atoms with Crippen molar-refractivity contribution in [2.75, 3.05) is 0 Å². The van der Waals surface area contributed by atoms with Crippen molar-refractivity contribution < 1.29 is 9.53 Å². The second kappa shape index (κ2) is 12.8. The van der Waals surface area contributed by atoms with Gasteiger partial charge in [-0.3, -0.25) is 4.79 Å². The molecule has 3 rings (SSSR count). The van der Waals surface area contributed by atoms with Crippen LogP contribution < -0.4 is 4.74 Å². The van der Waals surface area contributed by atoms with Crippen molar-refractivity contribution in [1.82, 2.24) is 0 Å². The number of ether oxygens (including phenoxy) is 1. The Morgan fingerprint density at radius 3 is 2.03 bits per heavy atom. The number of unbranched alkanes of at least 4 members (excludes halogenated alkanes) is 4. The van der Waals surface area contributed by atoms with Gasteiger partial charge in [0.05, 0.1) is 0 Å². The van der Waals surface area contributed by atoms with E-state index in [0.29, 0.717) is 12.2 Å². The number of rotatable bonds is 11. The summed E-state index contributed by atoms with van der Waals surface area (Å²) in [5, 5.41) is 0. The monoisotopic (exact) mass is 434 g/mol. The molecule has 0 heterocycles. The lowest BCUT2D eigenvalue weighted by Crippen LogP contribution is -2.14. The van der Waals surface area contributed by atoms with Crippen LogP contribution in [0, 0.1) is 11.8 Å². The van der Waals surface area contributed by atoms with Gasteiger partial charge < -0.3 is 4.74 Å². The molecule has 0 spiro atoms. The number of benzene rings is 2. The molecule has 0 N–H and O–H groups in total. The molecule has 0 unspecified atom stereocenters. The van der Waals surface area contributed by atoms with Gasteiger partial charge in [-0.15, -0.1) is 0 Å². The zero-order valence-electron chi connectivity index (χ0n) is 20.4. The lowest BCUT2D eigenvalue weighted by atomic mass is 9.76. The molecule has 2 heteroatoms. The Balaban J connectivity index is 1.47. The molecule has 0 atom stereocenters. The van der Waals surface area contributed by atoms with Crippen LogP contribution in [0.15, 0.2) is 48.5 Å². The van der Waals surface area contributed by atoms with E-state index in [0.717, 1.165) is 36.2 Å². The summed E-state index contributed by atoms with van der Waals surface area (Å²) in [7, 11) is 0. The second-order valence-corrected chi connectivity index (χ2v) is 10.1. The topological polar surface area (TPSA) is 26.3 Å². The summed E-state index contributed by atoms with van der Waals surface area (Å²) in [6.45, 7) is 6.89. The van der Waals surface area contributed by atoms with Crippen molar-refractivity contribution in [3.63, 3.8) is 0 Å². The average molecular weight is 435 g/mol. The standard InChI is InChI=1S/C30H42O2/c1-4-5-6-7-8-9-30(31)32-29-20-18-28(19-21-29)27-16-14-26(15-17-27)25-12-10-24(11-13-25)22-23(2)3/h14-21,23-25H,4-13,22H2,1-3H3. The van der Waals surface area contributed by atoms with Crippen molar-refractivity contribution in [1.29, 1.82) is 0 Å². The minimum absolute atomic E-state index is 0.123. The van der Waals surface area contributed by atoms with Crippen molar-refractivity contribution in [3.8, 4) is 16.9 Å². The molecule has 0 saturated heterocycles. The SMILES string of the molecule is CCCCCCCC(=O)Oc1ccc(-c2ccc(C3CCC(CC(C)C)CC3)cc2)cc1. The van der Waals surface area contributed by atoms with Crippen molar-refractivity contribution in [2.24, 2.45) is 11.8 Å². The van der Waals surface area contributed by atoms with E-state index in [1.165, 1.54) is 62.5 Å². The van der Waals surface area contributed by atoms with Gasteiger partial charge in [-0.1, -0.05) is 82.9 Å². The third-order valence-electron chi connectivity index (χ3n) is 6.94. The predicted octanol–water partition coefficient (Wildman–Crippen LogP) is 8.94. The first kappa shape index (κ1) is 24.6. The van der Waals surface area contributed by atoms with Crippen LogP contribution in [0.5, 0.6) is 5.75 Å². The van der Waals surface area contributed by atoms with Crippen molar-refractivity contribution >= 4 is 5.97 Å². The van der Waals surface area contributed by atoms with Crippen molar-refractivity contribution in [2.45, 2.75) is 97.3 Å². The van der Waals surface area contributed by atoms with E-state index in [1.807, 2.05) is 12.1 Å². The molecule has 0 radical (unpaired) electrons. The fourth-order valence-corrected chi connectivity index (χ4v) is 5.12. The Morgan fingerprint density at radius 1 is 0.844 bits per heavy atom. The molecule has 1 aliphatic carbocycles. The van der Waals surface area contributed by atoms with Gasteiger partial charge in [0.15, 0.2) is 0 Å². The highest BCUT2D eigenvalue weighted by Gasteiger charge is 2.22. The van der Waals surface area contributed by atoms with Gasteiger partial charge in [0.1, 0.15) is 5.75 Å². The number of carbonyl (C=O) groups is 1. The van der Waals surface area contributed by atoms with Gasteiger partial charge in [0.25, 0.3) is 0 Å². The lowest BCUT2D eigenvalue weighted by molar-refractivity contribution is -0.134. The summed E-state index contributed by atoms with van der Waals surface area (Å²) in [6.07, 6.45) is 13.0. The zero-order chi connectivity index (χ0) is 22.8. The maximum Gasteiger partial charge on any atom is 0.311 e. The van der Waals surface area contributed by atoms with Gasteiger partial charge in [0.2, 0.25) is 0 Å². The zero-order valence-corrected chi connectivity index (χ0v) is 20.4. The fraction of sp³-hybridized carbons (Fsp3) is 0.567. The molecule has 1 aliphatic rings. The van der Waals surface area contributed by atoms with Gasteiger partial charge in [0, 0.05) is 6.42 Å². The average Bonchev–Trinajstić information content (AvgIpc) is 2.80. The first-order chi connectivity index (χ1) is 15.5. The van der Waals surface area contributed by atoms with Crippen LogP contribution in [0.2, 0.25) is 0 Å². The molecular weight excluding hydrogens is 392 g/mol. The molecule has 2 nitrogen and oxygen atoms in total. The molecule has 0 amide bonds. The highest BCUT2D eigenvalue weighted by Crippen LogP contribution is 2.38. The first-order valence-corrected chi connectivity index (χ1v) is 13.0. The minimum atomic E-state index is -0.123. The summed E-state index contributed by atoms with van der Waals surface area (Å²) >= 11 is 0. The van der Waals surface area contributed by atoms with Gasteiger partial charge in [-0.2, -0.15) is 0 Å². The normalized spacial score (nSPS) is 18.6. The summed E-state index contributed by atoms with van der Waals surface area (Å²) < 4.78 is 5.50. The molecule has 32 heavy (non-hydrogen) atoms. The van der Waals surface area contributed by atoms with Gasteiger partial charge in [-0.05, 0) is 85.1 Å². The van der Waals surface area contributed by atoms with Gasteiger partial charge >= 0.3 is 5.97 Å². The molecule has 2 aromatic rings. The van der Waals surface area contributed by atoms with E-state index in [9.17, 15) is 4.79 Å². The predicted molar refractivity (Wildman–Crippen MR) is 135 cm³/mol. The molecule has 0 aromatic heterocycles. The smallest absolute Gasteiger partial charge is 0.311 e. The molecule has 0 bridgehead atoms. The molecule has 0 aliphatic heterocycles. The second-order valence-electron chi connectivity index (χ2n) is 10.1. The van der Waals surface area contributed by atoms with Crippen LogP contribution in [-0.4, -0.2) is 5.97 Å². The third kappa shape index (κ3) is 7.80. The lowest BCUT2D eigenvalue weighted by Gasteiger charge is -2.29. The van der Waals surface area contributed by atoms with Crippen molar-refractivity contribution in [3.05, 3.63) is 54.1 Å². The van der Waals surface area contributed by atoms with E-state index in [4.69, 9.17) is 4.74 Å². The number of hydrogen-bond donors (Lipinski definition) is 0.